The fraction of sp³-hybridized carbons (Fsp3) is 0.500. The monoisotopic (exact) mass is 533 g/mol. The van der Waals surface area contributed by atoms with Crippen LogP contribution in [-0.4, -0.2) is 48.3 Å². The van der Waals surface area contributed by atoms with Gasteiger partial charge in [0.15, 0.2) is 0 Å². The van der Waals surface area contributed by atoms with Crippen LogP contribution in [0.1, 0.15) is 74.6 Å². The van der Waals surface area contributed by atoms with Crippen molar-refractivity contribution in [3.63, 3.8) is 0 Å². The number of nitrogens with zero attached hydrogens (tertiary/aromatic N) is 1. The molecule has 6 heteroatoms. The lowest BCUT2D eigenvalue weighted by Gasteiger charge is -2.22. The summed E-state index contributed by atoms with van der Waals surface area (Å²) in [6.45, 7) is 11.5. The fourth-order valence-electron chi connectivity index (χ4n) is 4.47. The van der Waals surface area contributed by atoms with E-state index < -0.39 is 0 Å². The molecule has 1 N–H and O–H groups in total. The molecule has 0 saturated carbocycles. The molecule has 0 bridgehead atoms. The quantitative estimate of drug-likeness (QED) is 0.254. The van der Waals surface area contributed by atoms with E-state index >= 15 is 0 Å². The number of ether oxygens (including phenoxy) is 1. The zero-order chi connectivity index (χ0) is 26.5. The van der Waals surface area contributed by atoms with Gasteiger partial charge in [-0.2, -0.15) is 0 Å². The number of aryl methyl sites for hydroxylation is 2. The van der Waals surface area contributed by atoms with Gasteiger partial charge in [-0.1, -0.05) is 61.3 Å². The first-order chi connectivity index (χ1) is 17.2. The molecule has 3 rings (SSSR count). The van der Waals surface area contributed by atoms with Crippen LogP contribution >= 0.6 is 23.2 Å². The minimum atomic E-state index is -0.303. The van der Waals surface area contributed by atoms with Crippen LogP contribution in [0.15, 0.2) is 42.5 Å². The lowest BCUT2D eigenvalue weighted by molar-refractivity contribution is -0.137. The first kappa shape index (κ1) is 30.4. The number of rotatable bonds is 10. The lowest BCUT2D eigenvalue weighted by atomic mass is 9.88. The topological polar surface area (TPSA) is 49.8 Å². The number of likely N-dealkylation sites (tertiary alicyclic amines) is 1. The van der Waals surface area contributed by atoms with Crippen LogP contribution in [0.25, 0.3) is 6.08 Å². The molecule has 36 heavy (non-hydrogen) atoms. The van der Waals surface area contributed by atoms with E-state index in [0.29, 0.717) is 22.6 Å². The van der Waals surface area contributed by atoms with Crippen LogP contribution in [-0.2, 0) is 16.0 Å². The second kappa shape index (κ2) is 16.1. The third-order valence-corrected chi connectivity index (χ3v) is 7.23. The van der Waals surface area contributed by atoms with Crippen molar-refractivity contribution in [3.05, 3.63) is 74.8 Å². The predicted molar refractivity (Wildman–Crippen MR) is 152 cm³/mol. The molecule has 1 fully saturated rings. The van der Waals surface area contributed by atoms with Gasteiger partial charge in [-0.3, -0.25) is 0 Å². The number of aliphatic hydroxyl groups excluding tert-OH is 1. The van der Waals surface area contributed by atoms with E-state index in [0.717, 1.165) is 50.0 Å². The van der Waals surface area contributed by atoms with E-state index in [2.05, 4.69) is 36.9 Å². The smallest absolute Gasteiger partial charge is 0.330 e. The van der Waals surface area contributed by atoms with Gasteiger partial charge in [0.2, 0.25) is 0 Å². The van der Waals surface area contributed by atoms with Crippen LogP contribution < -0.4 is 0 Å². The van der Waals surface area contributed by atoms with Crippen LogP contribution in [0.3, 0.4) is 0 Å². The Balaban J connectivity index is 0.000000425. The Morgan fingerprint density at radius 1 is 1.11 bits per heavy atom. The van der Waals surface area contributed by atoms with Crippen molar-refractivity contribution >= 4 is 35.2 Å². The minimum Gasteiger partial charge on any atom is -0.463 e. The molecular weight excluding hydrogens is 493 g/mol. The van der Waals surface area contributed by atoms with Gasteiger partial charge in [-0.05, 0) is 105 Å². The molecule has 198 valence electrons. The van der Waals surface area contributed by atoms with Crippen LogP contribution in [0.2, 0.25) is 10.0 Å². The molecule has 1 aliphatic rings. The highest BCUT2D eigenvalue weighted by Gasteiger charge is 2.18. The zero-order valence-corrected chi connectivity index (χ0v) is 23.6. The first-order valence-corrected chi connectivity index (χ1v) is 13.8. The van der Waals surface area contributed by atoms with Crippen LogP contribution in [0, 0.1) is 6.92 Å². The molecule has 2 atom stereocenters. The van der Waals surface area contributed by atoms with Gasteiger partial charge in [0.1, 0.15) is 0 Å². The maximum Gasteiger partial charge on any atom is 0.330 e. The van der Waals surface area contributed by atoms with E-state index in [1.807, 2.05) is 32.1 Å². The van der Waals surface area contributed by atoms with Crippen LogP contribution in [0.5, 0.6) is 0 Å². The number of β-amino-alcohol motifs (C(OH)–C–C–N with tert-alkyl or cyclic N) is 1. The van der Waals surface area contributed by atoms with Crippen LogP contribution in [0.4, 0.5) is 0 Å². The summed E-state index contributed by atoms with van der Waals surface area (Å²) in [5.41, 5.74) is 4.72. The van der Waals surface area contributed by atoms with Gasteiger partial charge in [-0.25, -0.2) is 4.79 Å². The highest BCUT2D eigenvalue weighted by molar-refractivity contribution is 6.42. The predicted octanol–water partition coefficient (Wildman–Crippen LogP) is 7.47. The third-order valence-electron chi connectivity index (χ3n) is 6.49. The highest BCUT2D eigenvalue weighted by Crippen LogP contribution is 2.29. The van der Waals surface area contributed by atoms with Crippen molar-refractivity contribution in [1.82, 2.24) is 4.90 Å². The SMILES string of the molecule is CCOC(=O)/C=C/c1c(CC)cccc1C(C)CCC(O)CN1CCCC1.Cc1ccc(Cl)c(Cl)c1. The average Bonchev–Trinajstić information content (AvgIpc) is 3.37. The highest BCUT2D eigenvalue weighted by atomic mass is 35.5. The Morgan fingerprint density at radius 2 is 1.83 bits per heavy atom. The molecule has 2 unspecified atom stereocenters. The normalized spacial score (nSPS) is 15.4. The van der Waals surface area contributed by atoms with E-state index in [9.17, 15) is 9.90 Å². The summed E-state index contributed by atoms with van der Waals surface area (Å²) in [4.78, 5) is 14.1. The molecule has 2 aromatic rings. The van der Waals surface area contributed by atoms with Gasteiger partial charge in [0.05, 0.1) is 22.8 Å². The van der Waals surface area contributed by atoms with Crippen molar-refractivity contribution in [2.75, 3.05) is 26.2 Å². The summed E-state index contributed by atoms with van der Waals surface area (Å²) < 4.78 is 5.02. The molecule has 1 saturated heterocycles. The number of carbonyl (C=O) groups is 1. The summed E-state index contributed by atoms with van der Waals surface area (Å²) in [7, 11) is 0. The van der Waals surface area contributed by atoms with E-state index in [-0.39, 0.29) is 12.1 Å². The standard InChI is InChI=1S/C23H35NO3.C7H6Cl2/c1-4-19-9-8-10-21(22(19)13-14-23(26)27-5-2)18(3)11-12-20(25)17-24-15-6-7-16-24;1-5-2-3-6(8)7(9)4-5/h8-10,13-14,18,20,25H,4-7,11-12,15-17H2,1-3H3;2-4H,1H3/b14-13+;. The molecule has 4 nitrogen and oxygen atoms in total. The molecule has 0 amide bonds. The molecule has 1 aliphatic heterocycles. The Kier molecular flexibility index (Phi) is 13.6. The summed E-state index contributed by atoms with van der Waals surface area (Å²) in [6, 6.07) is 11.9. The Hall–Kier alpha value is -1.85. The van der Waals surface area contributed by atoms with Gasteiger partial charge in [0.25, 0.3) is 0 Å². The van der Waals surface area contributed by atoms with E-state index in [4.69, 9.17) is 27.9 Å². The van der Waals surface area contributed by atoms with Crippen molar-refractivity contribution in [2.24, 2.45) is 0 Å². The zero-order valence-electron chi connectivity index (χ0n) is 22.1. The average molecular weight is 535 g/mol. The number of esters is 1. The lowest BCUT2D eigenvalue weighted by Crippen LogP contribution is -2.30. The van der Waals surface area contributed by atoms with Gasteiger partial charge < -0.3 is 14.7 Å². The first-order valence-electron chi connectivity index (χ1n) is 13.0. The van der Waals surface area contributed by atoms with E-state index in [1.54, 1.807) is 6.07 Å². The summed E-state index contributed by atoms with van der Waals surface area (Å²) in [5, 5.41) is 11.6. The second-order valence-corrected chi connectivity index (χ2v) is 10.2. The Labute approximate surface area is 227 Å². The Morgan fingerprint density at radius 3 is 2.44 bits per heavy atom. The molecule has 0 spiro atoms. The van der Waals surface area contributed by atoms with Crippen molar-refractivity contribution in [2.45, 2.75) is 71.8 Å². The third kappa shape index (κ3) is 10.3. The van der Waals surface area contributed by atoms with Gasteiger partial charge in [-0.15, -0.1) is 0 Å². The Bertz CT molecular complexity index is 986. The van der Waals surface area contributed by atoms with Gasteiger partial charge in [0, 0.05) is 12.6 Å². The molecule has 0 radical (unpaired) electrons. The number of benzene rings is 2. The van der Waals surface area contributed by atoms with Gasteiger partial charge >= 0.3 is 5.97 Å². The fourth-order valence-corrected chi connectivity index (χ4v) is 4.82. The summed E-state index contributed by atoms with van der Waals surface area (Å²) >= 11 is 11.3. The largest absolute Gasteiger partial charge is 0.463 e. The minimum absolute atomic E-state index is 0.265. The second-order valence-electron chi connectivity index (χ2n) is 9.42. The van der Waals surface area contributed by atoms with Crippen molar-refractivity contribution < 1.29 is 14.6 Å². The van der Waals surface area contributed by atoms with Crippen molar-refractivity contribution in [1.29, 1.82) is 0 Å². The maximum absolute atomic E-state index is 11.7. The molecule has 1 heterocycles. The summed E-state index contributed by atoms with van der Waals surface area (Å²) in [5.74, 6) is 0.0228. The molecule has 0 aliphatic carbocycles. The molecule has 2 aromatic carbocycles. The number of aliphatic hydroxyl groups is 1. The maximum atomic E-state index is 11.7. The number of halogens is 2. The van der Waals surface area contributed by atoms with E-state index in [1.165, 1.54) is 30.0 Å². The molecule has 0 aromatic heterocycles. The summed E-state index contributed by atoms with van der Waals surface area (Å²) in [6.07, 6.45) is 8.31. The molecular formula is C30H41Cl2NO3. The number of hydrogen-bond acceptors (Lipinski definition) is 4. The number of hydrogen-bond donors (Lipinski definition) is 1. The number of carbonyl (C=O) groups excluding carboxylic acids is 1. The van der Waals surface area contributed by atoms with Crippen molar-refractivity contribution in [3.8, 4) is 0 Å².